The Morgan fingerprint density at radius 2 is 1.89 bits per heavy atom. The van der Waals surface area contributed by atoms with Gasteiger partial charge in [-0.25, -0.2) is 0 Å². The predicted molar refractivity (Wildman–Crippen MR) is 80.0 cm³/mol. The van der Waals surface area contributed by atoms with E-state index in [0.29, 0.717) is 6.42 Å². The van der Waals surface area contributed by atoms with Gasteiger partial charge < -0.3 is 4.90 Å². The van der Waals surface area contributed by atoms with Crippen LogP contribution in [0.4, 0.5) is 0 Å². The lowest BCUT2D eigenvalue weighted by molar-refractivity contribution is -0.131. The van der Waals surface area contributed by atoms with Crippen LogP contribution < -0.4 is 0 Å². The lowest BCUT2D eigenvalue weighted by Crippen LogP contribution is -2.29. The molecule has 0 heterocycles. The van der Waals surface area contributed by atoms with E-state index in [2.05, 4.69) is 54.0 Å². The van der Waals surface area contributed by atoms with Crippen LogP contribution in [0.1, 0.15) is 43.4 Å². The third kappa shape index (κ3) is 4.45. The van der Waals surface area contributed by atoms with Gasteiger partial charge in [0.25, 0.3) is 0 Å². The summed E-state index contributed by atoms with van der Waals surface area (Å²) in [6.45, 7) is 4.15. The van der Waals surface area contributed by atoms with Crippen molar-refractivity contribution in [3.05, 3.63) is 35.4 Å². The summed E-state index contributed by atoms with van der Waals surface area (Å²) < 4.78 is 0. The highest BCUT2D eigenvalue weighted by molar-refractivity contribution is 9.09. The minimum Gasteiger partial charge on any atom is -0.339 e. The molecule has 0 aliphatic heterocycles. The lowest BCUT2D eigenvalue weighted by Gasteiger charge is -2.25. The molecule has 1 rings (SSSR count). The van der Waals surface area contributed by atoms with Gasteiger partial charge in [-0.2, -0.15) is 0 Å². The van der Waals surface area contributed by atoms with E-state index >= 15 is 0 Å². The molecule has 0 aliphatic carbocycles. The number of hydrogen-bond acceptors (Lipinski definition) is 1. The average molecular weight is 312 g/mol. The van der Waals surface area contributed by atoms with E-state index in [0.717, 1.165) is 18.2 Å². The number of rotatable bonds is 6. The average Bonchev–Trinajstić information content (AvgIpc) is 2.38. The van der Waals surface area contributed by atoms with Gasteiger partial charge in [0.1, 0.15) is 0 Å². The number of unbranched alkanes of at least 4 members (excludes halogenated alkanes) is 1. The molecule has 0 saturated carbocycles. The van der Waals surface area contributed by atoms with Crippen molar-refractivity contribution in [2.45, 2.75) is 39.2 Å². The van der Waals surface area contributed by atoms with E-state index in [4.69, 9.17) is 0 Å². The van der Waals surface area contributed by atoms with Crippen LogP contribution in [0, 0.1) is 6.92 Å². The summed E-state index contributed by atoms with van der Waals surface area (Å²) in [6.07, 6.45) is 2.64. The van der Waals surface area contributed by atoms with E-state index in [9.17, 15) is 4.79 Å². The summed E-state index contributed by atoms with van der Waals surface area (Å²) in [4.78, 5) is 13.9. The lowest BCUT2D eigenvalue weighted by atomic mass is 10.1. The van der Waals surface area contributed by atoms with Gasteiger partial charge in [-0.15, -0.1) is 0 Å². The summed E-state index contributed by atoms with van der Waals surface area (Å²) in [5.74, 6) is 0.226. The van der Waals surface area contributed by atoms with E-state index in [-0.39, 0.29) is 11.9 Å². The summed E-state index contributed by atoms with van der Waals surface area (Å²) in [6, 6.07) is 8.52. The molecule has 18 heavy (non-hydrogen) atoms. The molecule has 100 valence electrons. The van der Waals surface area contributed by atoms with E-state index in [1.165, 1.54) is 11.1 Å². The van der Waals surface area contributed by atoms with Crippen molar-refractivity contribution in [3.63, 3.8) is 0 Å². The second-order valence-electron chi connectivity index (χ2n) is 4.74. The number of aryl methyl sites for hydroxylation is 1. The molecule has 0 aliphatic rings. The smallest absolute Gasteiger partial charge is 0.222 e. The van der Waals surface area contributed by atoms with Gasteiger partial charge in [-0.1, -0.05) is 45.8 Å². The summed E-state index contributed by atoms with van der Waals surface area (Å²) in [5.41, 5.74) is 2.44. The standard InChI is InChI=1S/C15H22BrNO/c1-12-7-9-14(10-8-12)13(2)17(3)15(18)6-4-5-11-16/h7-10,13H,4-6,11H2,1-3H3. The Balaban J connectivity index is 2.57. The van der Waals surface area contributed by atoms with Crippen LogP contribution in [0.3, 0.4) is 0 Å². The molecule has 1 unspecified atom stereocenters. The maximum absolute atomic E-state index is 12.0. The molecule has 0 saturated heterocycles. The number of benzene rings is 1. The number of hydrogen-bond donors (Lipinski definition) is 0. The van der Waals surface area contributed by atoms with Crippen LogP contribution in [0.5, 0.6) is 0 Å². The Morgan fingerprint density at radius 1 is 1.28 bits per heavy atom. The van der Waals surface area contributed by atoms with Crippen LogP contribution in [0.15, 0.2) is 24.3 Å². The molecular weight excluding hydrogens is 290 g/mol. The molecule has 0 aromatic heterocycles. The number of carbonyl (C=O) groups is 1. The number of carbonyl (C=O) groups excluding carboxylic acids is 1. The molecule has 0 fully saturated rings. The van der Waals surface area contributed by atoms with E-state index in [1.54, 1.807) is 0 Å². The molecule has 1 aromatic carbocycles. The van der Waals surface area contributed by atoms with Crippen molar-refractivity contribution < 1.29 is 4.79 Å². The first-order valence-electron chi connectivity index (χ1n) is 6.44. The molecule has 1 atom stereocenters. The van der Waals surface area contributed by atoms with Gasteiger partial charge in [0, 0.05) is 18.8 Å². The van der Waals surface area contributed by atoms with Gasteiger partial charge in [0.2, 0.25) is 5.91 Å². The second-order valence-corrected chi connectivity index (χ2v) is 5.53. The Morgan fingerprint density at radius 3 is 2.44 bits per heavy atom. The Kier molecular flexibility index (Phi) is 6.41. The number of amides is 1. The Hall–Kier alpha value is -0.830. The van der Waals surface area contributed by atoms with Crippen molar-refractivity contribution in [2.75, 3.05) is 12.4 Å². The highest BCUT2D eigenvalue weighted by atomic mass is 79.9. The van der Waals surface area contributed by atoms with Crippen molar-refractivity contribution in [3.8, 4) is 0 Å². The van der Waals surface area contributed by atoms with Crippen LogP contribution in [-0.2, 0) is 4.79 Å². The first-order valence-corrected chi connectivity index (χ1v) is 7.56. The number of halogens is 1. The minimum atomic E-state index is 0.141. The third-order valence-corrected chi connectivity index (χ3v) is 3.87. The topological polar surface area (TPSA) is 20.3 Å². The van der Waals surface area contributed by atoms with E-state index < -0.39 is 0 Å². The molecular formula is C15H22BrNO. The minimum absolute atomic E-state index is 0.141. The third-order valence-electron chi connectivity index (χ3n) is 3.31. The zero-order chi connectivity index (χ0) is 13.5. The SMILES string of the molecule is Cc1ccc(C(C)N(C)C(=O)CCCCBr)cc1. The summed E-state index contributed by atoms with van der Waals surface area (Å²) in [5, 5.41) is 0.970. The molecule has 1 aromatic rings. The van der Waals surface area contributed by atoms with Gasteiger partial charge >= 0.3 is 0 Å². The van der Waals surface area contributed by atoms with Crippen LogP contribution >= 0.6 is 15.9 Å². The first-order chi connectivity index (χ1) is 8.56. The fourth-order valence-corrected chi connectivity index (χ4v) is 2.23. The van der Waals surface area contributed by atoms with Crippen molar-refractivity contribution >= 4 is 21.8 Å². The zero-order valence-corrected chi connectivity index (χ0v) is 13.0. The molecule has 2 nitrogen and oxygen atoms in total. The normalized spacial score (nSPS) is 12.2. The summed E-state index contributed by atoms with van der Waals surface area (Å²) >= 11 is 3.38. The maximum Gasteiger partial charge on any atom is 0.222 e. The fraction of sp³-hybridized carbons (Fsp3) is 0.533. The molecule has 3 heteroatoms. The Labute approximate surface area is 119 Å². The van der Waals surface area contributed by atoms with Crippen LogP contribution in [0.25, 0.3) is 0 Å². The largest absolute Gasteiger partial charge is 0.339 e. The number of nitrogens with zero attached hydrogens (tertiary/aromatic N) is 1. The second kappa shape index (κ2) is 7.57. The number of alkyl halides is 1. The first kappa shape index (κ1) is 15.2. The maximum atomic E-state index is 12.0. The molecule has 0 bridgehead atoms. The highest BCUT2D eigenvalue weighted by Gasteiger charge is 2.16. The molecule has 0 N–H and O–H groups in total. The highest BCUT2D eigenvalue weighted by Crippen LogP contribution is 2.20. The fourth-order valence-electron chi connectivity index (χ4n) is 1.83. The quantitative estimate of drug-likeness (QED) is 0.572. The summed E-state index contributed by atoms with van der Waals surface area (Å²) in [7, 11) is 1.89. The van der Waals surface area contributed by atoms with Crippen molar-refractivity contribution in [1.29, 1.82) is 0 Å². The molecule has 0 radical (unpaired) electrons. The van der Waals surface area contributed by atoms with Crippen LogP contribution in [-0.4, -0.2) is 23.2 Å². The van der Waals surface area contributed by atoms with Gasteiger partial charge in [0.05, 0.1) is 6.04 Å². The van der Waals surface area contributed by atoms with E-state index in [1.807, 2.05) is 11.9 Å². The van der Waals surface area contributed by atoms with Crippen LogP contribution in [0.2, 0.25) is 0 Å². The van der Waals surface area contributed by atoms with Gasteiger partial charge in [-0.3, -0.25) is 4.79 Å². The van der Waals surface area contributed by atoms with Gasteiger partial charge in [0.15, 0.2) is 0 Å². The van der Waals surface area contributed by atoms with Crippen molar-refractivity contribution in [1.82, 2.24) is 4.90 Å². The predicted octanol–water partition coefficient (Wildman–Crippen LogP) is 4.08. The monoisotopic (exact) mass is 311 g/mol. The molecule has 0 spiro atoms. The van der Waals surface area contributed by atoms with Gasteiger partial charge in [-0.05, 0) is 32.3 Å². The van der Waals surface area contributed by atoms with Crippen molar-refractivity contribution in [2.24, 2.45) is 0 Å². The Bertz CT molecular complexity index is 375. The molecule has 1 amide bonds. The zero-order valence-electron chi connectivity index (χ0n) is 11.4.